The fourth-order valence-electron chi connectivity index (χ4n) is 2.50. The van der Waals surface area contributed by atoms with E-state index in [0.717, 1.165) is 18.5 Å². The Morgan fingerprint density at radius 2 is 1.79 bits per heavy atom. The van der Waals surface area contributed by atoms with Crippen molar-refractivity contribution in [2.45, 2.75) is 26.5 Å². The fourth-order valence-corrected chi connectivity index (χ4v) is 2.50. The number of benzene rings is 2. The fraction of sp³-hybridized carbons (Fsp3) is 0.350. The smallest absolute Gasteiger partial charge is 0.387 e. The Morgan fingerprint density at radius 1 is 1.04 bits per heavy atom. The molecular weight excluding hydrogens is 479 g/mol. The number of nitrogens with zero attached hydrogens (tertiary/aromatic N) is 1. The Balaban J connectivity index is 0.00000392. The van der Waals surface area contributed by atoms with Gasteiger partial charge in [-0.2, -0.15) is 8.78 Å². The third-order valence-corrected chi connectivity index (χ3v) is 3.76. The van der Waals surface area contributed by atoms with E-state index in [4.69, 9.17) is 4.74 Å². The summed E-state index contributed by atoms with van der Waals surface area (Å²) in [5, 5.41) is 6.45. The molecule has 0 aliphatic heterocycles. The third-order valence-electron chi connectivity index (χ3n) is 3.76. The van der Waals surface area contributed by atoms with Gasteiger partial charge in [-0.05, 0) is 36.6 Å². The number of ether oxygens (including phenoxy) is 2. The minimum atomic E-state index is -2.89. The van der Waals surface area contributed by atoms with E-state index in [1.54, 1.807) is 26.1 Å². The van der Waals surface area contributed by atoms with Gasteiger partial charge in [-0.1, -0.05) is 36.4 Å². The molecule has 0 spiro atoms. The number of rotatable bonds is 9. The molecule has 2 aromatic carbocycles. The Morgan fingerprint density at radius 3 is 2.43 bits per heavy atom. The van der Waals surface area contributed by atoms with Crippen LogP contribution in [0.4, 0.5) is 8.78 Å². The van der Waals surface area contributed by atoms with Gasteiger partial charge in [0.15, 0.2) is 17.5 Å². The third kappa shape index (κ3) is 8.28. The van der Waals surface area contributed by atoms with Crippen LogP contribution >= 0.6 is 24.0 Å². The van der Waals surface area contributed by atoms with Crippen LogP contribution < -0.4 is 20.1 Å². The van der Waals surface area contributed by atoms with Crippen molar-refractivity contribution in [2.24, 2.45) is 4.99 Å². The molecule has 0 aliphatic rings. The first-order valence-electron chi connectivity index (χ1n) is 8.81. The lowest BCUT2D eigenvalue weighted by Gasteiger charge is -2.15. The summed E-state index contributed by atoms with van der Waals surface area (Å²) >= 11 is 0. The zero-order valence-corrected chi connectivity index (χ0v) is 18.3. The van der Waals surface area contributed by atoms with E-state index in [0.29, 0.717) is 24.9 Å². The van der Waals surface area contributed by atoms with Gasteiger partial charge in [0.2, 0.25) is 0 Å². The molecule has 5 nitrogen and oxygen atoms in total. The predicted molar refractivity (Wildman–Crippen MR) is 118 cm³/mol. The van der Waals surface area contributed by atoms with Crippen molar-refractivity contribution in [1.29, 1.82) is 0 Å². The first kappa shape index (κ1) is 23.9. The van der Waals surface area contributed by atoms with Crippen LogP contribution in [0, 0.1) is 0 Å². The number of nitrogens with one attached hydrogen (secondary N) is 2. The molecule has 0 atom stereocenters. The van der Waals surface area contributed by atoms with E-state index in [-0.39, 0.29) is 29.7 Å². The van der Waals surface area contributed by atoms with Crippen molar-refractivity contribution in [3.63, 3.8) is 0 Å². The molecule has 0 radical (unpaired) electrons. The zero-order chi connectivity index (χ0) is 19.5. The first-order valence-corrected chi connectivity index (χ1v) is 8.81. The van der Waals surface area contributed by atoms with Crippen LogP contribution in [0.1, 0.15) is 18.1 Å². The Bertz CT molecular complexity index is 731. The van der Waals surface area contributed by atoms with E-state index in [9.17, 15) is 8.78 Å². The van der Waals surface area contributed by atoms with Crippen LogP contribution in [0.2, 0.25) is 0 Å². The summed E-state index contributed by atoms with van der Waals surface area (Å²) in [5.41, 5.74) is 2.11. The minimum Gasteiger partial charge on any atom is -0.490 e. The second-order valence-corrected chi connectivity index (χ2v) is 5.68. The van der Waals surface area contributed by atoms with Gasteiger partial charge in [0, 0.05) is 20.1 Å². The van der Waals surface area contributed by atoms with Gasteiger partial charge in [-0.3, -0.25) is 4.99 Å². The Hall–Kier alpha value is -2.10. The number of hydrogen-bond acceptors (Lipinski definition) is 3. The molecular formula is C20H26F2IN3O2. The van der Waals surface area contributed by atoms with Crippen LogP contribution in [0.5, 0.6) is 11.5 Å². The molecule has 0 aromatic heterocycles. The summed E-state index contributed by atoms with van der Waals surface area (Å²) in [6.45, 7) is 0.477. The molecule has 28 heavy (non-hydrogen) atoms. The van der Waals surface area contributed by atoms with E-state index in [1.165, 1.54) is 11.6 Å². The standard InChI is InChI=1S/C20H25F2N3O2.HI/c1-3-26-18-13-16(9-10-17(18)27-19(21)22)14-25-20(23-2)24-12-11-15-7-5-4-6-8-15;/h4-10,13,19H,3,11-12,14H2,1-2H3,(H2,23,24,25);1H. The number of halogens is 3. The summed E-state index contributed by atoms with van der Waals surface area (Å²) in [5.74, 6) is 0.988. The van der Waals surface area contributed by atoms with Gasteiger partial charge in [-0.25, -0.2) is 0 Å². The first-order chi connectivity index (χ1) is 13.1. The molecule has 2 aromatic rings. The van der Waals surface area contributed by atoms with Crippen molar-refractivity contribution in [2.75, 3.05) is 20.2 Å². The highest BCUT2D eigenvalue weighted by atomic mass is 127. The Labute approximate surface area is 181 Å². The maximum Gasteiger partial charge on any atom is 0.387 e. The highest BCUT2D eigenvalue weighted by molar-refractivity contribution is 14.0. The second-order valence-electron chi connectivity index (χ2n) is 5.68. The van der Waals surface area contributed by atoms with Crippen molar-refractivity contribution < 1.29 is 18.3 Å². The van der Waals surface area contributed by atoms with Gasteiger partial charge >= 0.3 is 6.61 Å². The van der Waals surface area contributed by atoms with Gasteiger partial charge < -0.3 is 20.1 Å². The molecule has 0 bridgehead atoms. The van der Waals surface area contributed by atoms with Crippen molar-refractivity contribution in [3.8, 4) is 11.5 Å². The van der Waals surface area contributed by atoms with Gasteiger partial charge in [-0.15, -0.1) is 24.0 Å². The van der Waals surface area contributed by atoms with Crippen LogP contribution in [-0.2, 0) is 13.0 Å². The second kappa shape index (κ2) is 13.1. The lowest BCUT2D eigenvalue weighted by atomic mass is 10.1. The molecule has 0 aliphatic carbocycles. The van der Waals surface area contributed by atoms with E-state index in [2.05, 4.69) is 32.5 Å². The molecule has 0 unspecified atom stereocenters. The van der Waals surface area contributed by atoms with Crippen LogP contribution in [0.15, 0.2) is 53.5 Å². The predicted octanol–water partition coefficient (Wildman–Crippen LogP) is 4.21. The zero-order valence-electron chi connectivity index (χ0n) is 16.0. The lowest BCUT2D eigenvalue weighted by Crippen LogP contribution is -2.37. The molecule has 2 rings (SSSR count). The summed E-state index contributed by atoms with van der Waals surface area (Å²) in [6.07, 6.45) is 0.885. The number of aliphatic imine (C=N–C) groups is 1. The van der Waals surface area contributed by atoms with Crippen molar-refractivity contribution >= 4 is 29.9 Å². The largest absolute Gasteiger partial charge is 0.490 e. The SMILES string of the molecule is CCOc1cc(CNC(=NC)NCCc2ccccc2)ccc1OC(F)F.I. The minimum absolute atomic E-state index is 0. The molecule has 2 N–H and O–H groups in total. The molecule has 8 heteroatoms. The summed E-state index contributed by atoms with van der Waals surface area (Å²) in [7, 11) is 1.70. The van der Waals surface area contributed by atoms with Gasteiger partial charge in [0.05, 0.1) is 6.61 Å². The highest BCUT2D eigenvalue weighted by Crippen LogP contribution is 2.29. The summed E-state index contributed by atoms with van der Waals surface area (Å²) < 4.78 is 34.8. The van der Waals surface area contributed by atoms with Crippen molar-refractivity contribution in [1.82, 2.24) is 10.6 Å². The number of hydrogen-bond donors (Lipinski definition) is 2. The average Bonchev–Trinajstić information content (AvgIpc) is 2.67. The molecule has 0 fully saturated rings. The molecule has 0 heterocycles. The average molecular weight is 505 g/mol. The lowest BCUT2D eigenvalue weighted by molar-refractivity contribution is -0.0514. The summed E-state index contributed by atoms with van der Waals surface area (Å²) in [6, 6.07) is 15.1. The van der Waals surface area contributed by atoms with Crippen molar-refractivity contribution in [3.05, 3.63) is 59.7 Å². The number of guanidine groups is 1. The van der Waals surface area contributed by atoms with Crippen LogP contribution in [0.3, 0.4) is 0 Å². The molecule has 0 saturated heterocycles. The quantitative estimate of drug-likeness (QED) is 0.305. The maximum atomic E-state index is 12.5. The molecule has 0 amide bonds. The van der Waals surface area contributed by atoms with E-state index < -0.39 is 6.61 Å². The van der Waals surface area contributed by atoms with Gasteiger partial charge in [0.1, 0.15) is 0 Å². The van der Waals surface area contributed by atoms with E-state index in [1.807, 2.05) is 18.2 Å². The topological polar surface area (TPSA) is 54.9 Å². The monoisotopic (exact) mass is 505 g/mol. The number of alkyl halides is 2. The van der Waals surface area contributed by atoms with Crippen LogP contribution in [0.25, 0.3) is 0 Å². The normalized spacial score (nSPS) is 11.0. The maximum absolute atomic E-state index is 12.5. The van der Waals surface area contributed by atoms with Gasteiger partial charge in [0.25, 0.3) is 0 Å². The molecule has 0 saturated carbocycles. The van der Waals surface area contributed by atoms with Crippen LogP contribution in [-0.4, -0.2) is 32.8 Å². The highest BCUT2D eigenvalue weighted by Gasteiger charge is 2.11. The molecule has 154 valence electrons. The van der Waals surface area contributed by atoms with E-state index >= 15 is 0 Å². The Kier molecular flexibility index (Phi) is 11.2. The summed E-state index contributed by atoms with van der Waals surface area (Å²) in [4.78, 5) is 4.19.